The van der Waals surface area contributed by atoms with Crippen molar-refractivity contribution >= 4 is 0 Å². The summed E-state index contributed by atoms with van der Waals surface area (Å²) in [6.45, 7) is 0. The van der Waals surface area contributed by atoms with Gasteiger partial charge in [-0.15, -0.1) is 6.42 Å². The van der Waals surface area contributed by atoms with E-state index in [4.69, 9.17) is 12.2 Å². The molecule has 15 heavy (non-hydrogen) atoms. The van der Waals surface area contributed by atoms with Crippen LogP contribution in [0.5, 0.6) is 0 Å². The molecule has 80 valence electrons. The molecular formula is C10H7F4N. The molecule has 0 aromatic heterocycles. The maximum atomic E-state index is 12.8. The molecule has 0 aliphatic rings. The van der Waals surface area contributed by atoms with E-state index in [1.54, 1.807) is 0 Å². The first kappa shape index (κ1) is 11.5. The van der Waals surface area contributed by atoms with Gasteiger partial charge in [-0.3, -0.25) is 0 Å². The fourth-order valence-corrected chi connectivity index (χ4v) is 1.05. The van der Waals surface area contributed by atoms with Gasteiger partial charge in [0.1, 0.15) is 5.82 Å². The molecule has 0 fully saturated rings. The molecule has 1 aromatic rings. The van der Waals surface area contributed by atoms with Gasteiger partial charge < -0.3 is 5.73 Å². The van der Waals surface area contributed by atoms with Crippen LogP contribution < -0.4 is 5.73 Å². The lowest BCUT2D eigenvalue weighted by atomic mass is 10.0. The van der Waals surface area contributed by atoms with E-state index >= 15 is 0 Å². The Morgan fingerprint density at radius 1 is 1.33 bits per heavy atom. The van der Waals surface area contributed by atoms with Gasteiger partial charge >= 0.3 is 6.18 Å². The van der Waals surface area contributed by atoms with E-state index in [0.29, 0.717) is 12.1 Å². The summed E-state index contributed by atoms with van der Waals surface area (Å²) in [5, 5.41) is 0. The summed E-state index contributed by atoms with van der Waals surface area (Å²) in [4.78, 5) is 0. The van der Waals surface area contributed by atoms with Crippen molar-refractivity contribution in [2.24, 2.45) is 5.73 Å². The summed E-state index contributed by atoms with van der Waals surface area (Å²) in [5.41, 5.74) is 4.04. The molecule has 1 nitrogen and oxygen atoms in total. The van der Waals surface area contributed by atoms with Crippen molar-refractivity contribution in [1.82, 2.24) is 0 Å². The first-order valence-electron chi connectivity index (χ1n) is 3.94. The van der Waals surface area contributed by atoms with Crippen LogP contribution in [0, 0.1) is 18.2 Å². The van der Waals surface area contributed by atoms with Crippen LogP contribution in [0.1, 0.15) is 17.2 Å². The van der Waals surface area contributed by atoms with E-state index in [1.807, 2.05) is 0 Å². The Morgan fingerprint density at radius 2 is 1.93 bits per heavy atom. The van der Waals surface area contributed by atoms with Gasteiger partial charge in [0.15, 0.2) is 0 Å². The van der Waals surface area contributed by atoms with E-state index in [1.165, 1.54) is 0 Å². The molecule has 1 unspecified atom stereocenters. The van der Waals surface area contributed by atoms with E-state index in [-0.39, 0.29) is 5.56 Å². The number of terminal acetylenes is 1. The Bertz CT molecular complexity index is 403. The molecule has 0 spiro atoms. The highest BCUT2D eigenvalue weighted by molar-refractivity contribution is 5.32. The Labute approximate surface area is 83.9 Å². The second-order valence-corrected chi connectivity index (χ2v) is 2.88. The molecule has 5 heteroatoms. The lowest BCUT2D eigenvalue weighted by molar-refractivity contribution is -0.140. The van der Waals surface area contributed by atoms with Gasteiger partial charge in [-0.25, -0.2) is 4.39 Å². The van der Waals surface area contributed by atoms with E-state index in [0.717, 1.165) is 6.07 Å². The van der Waals surface area contributed by atoms with Gasteiger partial charge in [-0.05, 0) is 17.7 Å². The second-order valence-electron chi connectivity index (χ2n) is 2.88. The fourth-order valence-electron chi connectivity index (χ4n) is 1.05. The standard InChI is InChI=1S/C10H7F4N/c1-2-9(15)6-3-4-8(11)7(5-6)10(12,13)14/h1,3-5,9H,15H2. The van der Waals surface area contributed by atoms with Crippen LogP contribution in [0.4, 0.5) is 17.6 Å². The Balaban J connectivity index is 3.24. The van der Waals surface area contributed by atoms with Gasteiger partial charge in [-0.2, -0.15) is 13.2 Å². The summed E-state index contributed by atoms with van der Waals surface area (Å²) in [7, 11) is 0. The molecule has 0 aliphatic heterocycles. The van der Waals surface area contributed by atoms with Gasteiger partial charge in [0, 0.05) is 0 Å². The topological polar surface area (TPSA) is 26.0 Å². The lowest BCUT2D eigenvalue weighted by Gasteiger charge is -2.11. The summed E-state index contributed by atoms with van der Waals surface area (Å²) >= 11 is 0. The number of benzene rings is 1. The number of nitrogens with two attached hydrogens (primary N) is 1. The third kappa shape index (κ3) is 2.48. The minimum Gasteiger partial charge on any atom is -0.314 e. The smallest absolute Gasteiger partial charge is 0.314 e. The Hall–Kier alpha value is -1.54. The Kier molecular flexibility index (Phi) is 3.01. The zero-order valence-corrected chi connectivity index (χ0v) is 7.48. The summed E-state index contributed by atoms with van der Waals surface area (Å²) in [6, 6.07) is 1.50. The van der Waals surface area contributed by atoms with Crippen molar-refractivity contribution in [3.05, 3.63) is 35.1 Å². The van der Waals surface area contributed by atoms with Crippen LogP contribution in [0.15, 0.2) is 18.2 Å². The van der Waals surface area contributed by atoms with Crippen LogP contribution in [-0.2, 0) is 6.18 Å². The molecular weight excluding hydrogens is 210 g/mol. The van der Waals surface area contributed by atoms with Crippen LogP contribution >= 0.6 is 0 Å². The number of hydrogen-bond donors (Lipinski definition) is 1. The maximum absolute atomic E-state index is 12.8. The van der Waals surface area contributed by atoms with E-state index in [2.05, 4.69) is 5.92 Å². The third-order valence-electron chi connectivity index (χ3n) is 1.83. The SMILES string of the molecule is C#CC(N)c1ccc(F)c(C(F)(F)F)c1. The van der Waals surface area contributed by atoms with Gasteiger partial charge in [-0.1, -0.05) is 12.0 Å². The van der Waals surface area contributed by atoms with Crippen molar-refractivity contribution < 1.29 is 17.6 Å². The number of hydrogen-bond acceptors (Lipinski definition) is 1. The fraction of sp³-hybridized carbons (Fsp3) is 0.200. The highest BCUT2D eigenvalue weighted by atomic mass is 19.4. The first-order valence-corrected chi connectivity index (χ1v) is 3.94. The number of rotatable bonds is 1. The minimum atomic E-state index is -4.74. The molecule has 1 aromatic carbocycles. The predicted octanol–water partition coefficient (Wildman–Crippen LogP) is 2.48. The molecule has 1 rings (SSSR count). The average Bonchev–Trinajstić information content (AvgIpc) is 2.15. The minimum absolute atomic E-state index is 0.0613. The zero-order chi connectivity index (χ0) is 11.6. The van der Waals surface area contributed by atoms with Crippen molar-refractivity contribution in [1.29, 1.82) is 0 Å². The lowest BCUT2D eigenvalue weighted by Crippen LogP contribution is -2.12. The molecule has 0 radical (unpaired) electrons. The molecule has 0 bridgehead atoms. The van der Waals surface area contributed by atoms with Gasteiger partial charge in [0.2, 0.25) is 0 Å². The molecule has 0 heterocycles. The highest BCUT2D eigenvalue weighted by Gasteiger charge is 2.34. The molecule has 2 N–H and O–H groups in total. The molecule has 1 atom stereocenters. The summed E-state index contributed by atoms with van der Waals surface area (Å²) < 4.78 is 49.6. The van der Waals surface area contributed by atoms with Crippen LogP contribution in [0.3, 0.4) is 0 Å². The predicted molar refractivity (Wildman–Crippen MR) is 47.2 cm³/mol. The zero-order valence-electron chi connectivity index (χ0n) is 7.48. The molecule has 0 aliphatic carbocycles. The van der Waals surface area contributed by atoms with Gasteiger partial charge in [0.25, 0.3) is 0 Å². The van der Waals surface area contributed by atoms with Crippen molar-refractivity contribution in [3.8, 4) is 12.3 Å². The van der Waals surface area contributed by atoms with Crippen molar-refractivity contribution in [2.45, 2.75) is 12.2 Å². The van der Waals surface area contributed by atoms with Crippen LogP contribution in [-0.4, -0.2) is 0 Å². The number of alkyl halides is 3. The van der Waals surface area contributed by atoms with Crippen molar-refractivity contribution in [3.63, 3.8) is 0 Å². The monoisotopic (exact) mass is 217 g/mol. The maximum Gasteiger partial charge on any atom is 0.419 e. The number of halogens is 4. The molecule has 0 saturated carbocycles. The van der Waals surface area contributed by atoms with Gasteiger partial charge in [0.05, 0.1) is 11.6 Å². The quantitative estimate of drug-likeness (QED) is 0.567. The van der Waals surface area contributed by atoms with Crippen LogP contribution in [0.25, 0.3) is 0 Å². The summed E-state index contributed by atoms with van der Waals surface area (Å²) in [5.74, 6) is 0.730. The molecule has 0 amide bonds. The first-order chi connectivity index (χ1) is 6.86. The largest absolute Gasteiger partial charge is 0.419 e. The van der Waals surface area contributed by atoms with E-state index < -0.39 is 23.6 Å². The Morgan fingerprint density at radius 3 is 2.40 bits per heavy atom. The van der Waals surface area contributed by atoms with E-state index in [9.17, 15) is 17.6 Å². The average molecular weight is 217 g/mol. The van der Waals surface area contributed by atoms with Crippen LogP contribution in [0.2, 0.25) is 0 Å². The highest BCUT2D eigenvalue weighted by Crippen LogP contribution is 2.32. The second kappa shape index (κ2) is 3.91. The normalized spacial score (nSPS) is 13.3. The third-order valence-corrected chi connectivity index (χ3v) is 1.83. The van der Waals surface area contributed by atoms with Crippen molar-refractivity contribution in [2.75, 3.05) is 0 Å². The molecule has 0 saturated heterocycles. The summed E-state index contributed by atoms with van der Waals surface area (Å²) in [6.07, 6.45) is 0.210.